The van der Waals surface area contributed by atoms with Gasteiger partial charge in [0.1, 0.15) is 0 Å². The summed E-state index contributed by atoms with van der Waals surface area (Å²) in [5, 5.41) is 0. The number of likely N-dealkylation sites (tertiary alicyclic amines) is 1. The van der Waals surface area contributed by atoms with E-state index in [9.17, 15) is 4.79 Å². The van der Waals surface area contributed by atoms with E-state index in [4.69, 9.17) is 0 Å². The molecule has 2 heteroatoms. The van der Waals surface area contributed by atoms with Crippen LogP contribution in [0.1, 0.15) is 47.0 Å². The monoisotopic (exact) mass is 197 g/mol. The maximum absolute atomic E-state index is 11.8. The Hall–Kier alpha value is -0.530. The number of nitrogens with zero attached hydrogens (tertiary/aromatic N) is 1. The summed E-state index contributed by atoms with van der Waals surface area (Å²) in [5.41, 5.74) is 0. The van der Waals surface area contributed by atoms with Crippen LogP contribution in [-0.2, 0) is 4.79 Å². The lowest BCUT2D eigenvalue weighted by atomic mass is 9.86. The van der Waals surface area contributed by atoms with Gasteiger partial charge in [0.15, 0.2) is 0 Å². The molecule has 82 valence electrons. The van der Waals surface area contributed by atoms with Gasteiger partial charge in [-0.15, -0.1) is 0 Å². The van der Waals surface area contributed by atoms with Crippen molar-refractivity contribution in [2.75, 3.05) is 6.54 Å². The average Bonchev–Trinajstić information content (AvgIpc) is 2.11. The molecule has 0 aromatic heterocycles. The number of amides is 1. The van der Waals surface area contributed by atoms with Gasteiger partial charge in [-0.2, -0.15) is 0 Å². The minimum absolute atomic E-state index is 0.346. The van der Waals surface area contributed by atoms with Gasteiger partial charge in [-0.1, -0.05) is 20.8 Å². The highest BCUT2D eigenvalue weighted by molar-refractivity contribution is 5.76. The first-order valence-electron chi connectivity index (χ1n) is 5.85. The zero-order chi connectivity index (χ0) is 10.7. The van der Waals surface area contributed by atoms with Crippen molar-refractivity contribution in [2.45, 2.75) is 53.0 Å². The summed E-state index contributed by atoms with van der Waals surface area (Å²) >= 11 is 0. The standard InChI is InChI=1S/C12H23NO/c1-5-6-12(14)13-8-9(2)7-10(3)11(13)4/h9-11H,5-8H2,1-4H3. The predicted molar refractivity (Wildman–Crippen MR) is 59.0 cm³/mol. The topological polar surface area (TPSA) is 20.3 Å². The normalized spacial score (nSPS) is 33.1. The molecular weight excluding hydrogens is 174 g/mol. The molecule has 1 aliphatic heterocycles. The second-order valence-electron chi connectivity index (χ2n) is 4.85. The minimum Gasteiger partial charge on any atom is -0.339 e. The molecule has 0 aromatic carbocycles. The van der Waals surface area contributed by atoms with Crippen LogP contribution in [-0.4, -0.2) is 23.4 Å². The maximum Gasteiger partial charge on any atom is 0.222 e. The first-order chi connectivity index (χ1) is 6.56. The summed E-state index contributed by atoms with van der Waals surface area (Å²) in [5.74, 6) is 1.67. The Morgan fingerprint density at radius 1 is 1.36 bits per heavy atom. The van der Waals surface area contributed by atoms with Crippen molar-refractivity contribution in [1.29, 1.82) is 0 Å². The van der Waals surface area contributed by atoms with E-state index in [1.165, 1.54) is 6.42 Å². The van der Waals surface area contributed by atoms with Gasteiger partial charge < -0.3 is 4.90 Å². The van der Waals surface area contributed by atoms with E-state index in [1.54, 1.807) is 0 Å². The minimum atomic E-state index is 0.346. The molecule has 1 amide bonds. The zero-order valence-corrected chi connectivity index (χ0v) is 9.92. The highest BCUT2D eigenvalue weighted by Crippen LogP contribution is 2.27. The van der Waals surface area contributed by atoms with E-state index in [2.05, 4.69) is 32.6 Å². The van der Waals surface area contributed by atoms with E-state index in [1.807, 2.05) is 0 Å². The summed E-state index contributed by atoms with van der Waals surface area (Å²) in [6, 6.07) is 0.435. The van der Waals surface area contributed by atoms with Gasteiger partial charge in [0, 0.05) is 19.0 Å². The van der Waals surface area contributed by atoms with E-state index >= 15 is 0 Å². The SMILES string of the molecule is CCCC(=O)N1CC(C)CC(C)C1C. The third-order valence-electron chi connectivity index (χ3n) is 3.38. The molecule has 1 heterocycles. The Balaban J connectivity index is 2.61. The molecule has 1 aliphatic rings. The molecule has 1 rings (SSSR count). The third-order valence-corrected chi connectivity index (χ3v) is 3.38. The van der Waals surface area contributed by atoms with E-state index in [-0.39, 0.29) is 0 Å². The van der Waals surface area contributed by atoms with Crippen molar-refractivity contribution in [1.82, 2.24) is 4.90 Å². The molecule has 0 aliphatic carbocycles. The fraction of sp³-hybridized carbons (Fsp3) is 0.917. The molecule has 1 fully saturated rings. The number of hydrogen-bond acceptors (Lipinski definition) is 1. The summed E-state index contributed by atoms with van der Waals surface area (Å²) in [6.07, 6.45) is 2.94. The average molecular weight is 197 g/mol. The molecule has 14 heavy (non-hydrogen) atoms. The van der Waals surface area contributed by atoms with E-state index < -0.39 is 0 Å². The first-order valence-corrected chi connectivity index (χ1v) is 5.85. The van der Waals surface area contributed by atoms with Crippen LogP contribution < -0.4 is 0 Å². The summed E-state index contributed by atoms with van der Waals surface area (Å²) < 4.78 is 0. The van der Waals surface area contributed by atoms with Crippen LogP contribution in [0.25, 0.3) is 0 Å². The van der Waals surface area contributed by atoms with Gasteiger partial charge in [-0.05, 0) is 31.6 Å². The molecule has 0 spiro atoms. The fourth-order valence-electron chi connectivity index (χ4n) is 2.40. The number of carbonyl (C=O) groups is 1. The molecule has 0 saturated carbocycles. The number of piperidine rings is 1. The van der Waals surface area contributed by atoms with Crippen LogP contribution in [0, 0.1) is 11.8 Å². The molecule has 3 unspecified atom stereocenters. The van der Waals surface area contributed by atoms with Gasteiger partial charge >= 0.3 is 0 Å². The molecule has 0 aromatic rings. The molecule has 0 N–H and O–H groups in total. The lowest BCUT2D eigenvalue weighted by molar-refractivity contribution is -0.137. The predicted octanol–water partition coefficient (Wildman–Crippen LogP) is 2.68. The van der Waals surface area contributed by atoms with Gasteiger partial charge in [0.2, 0.25) is 5.91 Å². The van der Waals surface area contributed by atoms with Crippen LogP contribution in [0.3, 0.4) is 0 Å². The van der Waals surface area contributed by atoms with Crippen molar-refractivity contribution in [3.8, 4) is 0 Å². The highest BCUT2D eigenvalue weighted by atomic mass is 16.2. The molecule has 2 nitrogen and oxygen atoms in total. The molecule has 1 saturated heterocycles. The molecular formula is C12H23NO. The zero-order valence-electron chi connectivity index (χ0n) is 9.92. The van der Waals surface area contributed by atoms with Crippen molar-refractivity contribution >= 4 is 5.91 Å². The van der Waals surface area contributed by atoms with Gasteiger partial charge in [-0.3, -0.25) is 4.79 Å². The van der Waals surface area contributed by atoms with Crippen molar-refractivity contribution in [3.05, 3.63) is 0 Å². The Morgan fingerprint density at radius 3 is 2.57 bits per heavy atom. The van der Waals surface area contributed by atoms with Crippen molar-refractivity contribution in [3.63, 3.8) is 0 Å². The van der Waals surface area contributed by atoms with Gasteiger partial charge in [0.25, 0.3) is 0 Å². The third kappa shape index (κ3) is 2.49. The van der Waals surface area contributed by atoms with Crippen molar-refractivity contribution < 1.29 is 4.79 Å². The second kappa shape index (κ2) is 4.81. The summed E-state index contributed by atoms with van der Waals surface area (Å²) in [4.78, 5) is 13.9. The quantitative estimate of drug-likeness (QED) is 0.666. The van der Waals surface area contributed by atoms with Crippen molar-refractivity contribution in [2.24, 2.45) is 11.8 Å². The largest absolute Gasteiger partial charge is 0.339 e. The Kier molecular flexibility index (Phi) is 3.97. The van der Waals surface area contributed by atoms with Gasteiger partial charge in [0.05, 0.1) is 0 Å². The van der Waals surface area contributed by atoms with Crippen LogP contribution in [0.4, 0.5) is 0 Å². The second-order valence-corrected chi connectivity index (χ2v) is 4.85. The maximum atomic E-state index is 11.8. The molecule has 0 bridgehead atoms. The Labute approximate surface area is 87.7 Å². The number of hydrogen-bond donors (Lipinski definition) is 0. The molecule has 3 atom stereocenters. The van der Waals surface area contributed by atoms with Crippen LogP contribution in [0.5, 0.6) is 0 Å². The summed E-state index contributed by atoms with van der Waals surface area (Å²) in [7, 11) is 0. The summed E-state index contributed by atoms with van der Waals surface area (Å²) in [6.45, 7) is 9.72. The number of carbonyl (C=O) groups excluding carboxylic acids is 1. The van der Waals surface area contributed by atoms with E-state index in [0.717, 1.165) is 13.0 Å². The van der Waals surface area contributed by atoms with Crippen LogP contribution >= 0.6 is 0 Å². The Bertz CT molecular complexity index is 202. The first kappa shape index (κ1) is 11.5. The highest BCUT2D eigenvalue weighted by Gasteiger charge is 2.31. The Morgan fingerprint density at radius 2 is 2.00 bits per heavy atom. The fourth-order valence-corrected chi connectivity index (χ4v) is 2.40. The lowest BCUT2D eigenvalue weighted by Gasteiger charge is -2.41. The lowest BCUT2D eigenvalue weighted by Crippen LogP contribution is -2.48. The smallest absolute Gasteiger partial charge is 0.222 e. The molecule has 0 radical (unpaired) electrons. The van der Waals surface area contributed by atoms with Crippen LogP contribution in [0.2, 0.25) is 0 Å². The number of rotatable bonds is 2. The van der Waals surface area contributed by atoms with Gasteiger partial charge in [-0.25, -0.2) is 0 Å². The van der Waals surface area contributed by atoms with E-state index in [0.29, 0.717) is 30.2 Å². The van der Waals surface area contributed by atoms with Crippen LogP contribution in [0.15, 0.2) is 0 Å².